The molecular formula is C13H27N2O4+. The highest BCUT2D eigenvalue weighted by atomic mass is 16.5. The first-order valence-electron chi connectivity index (χ1n) is 6.62. The molecule has 0 aromatic carbocycles. The lowest BCUT2D eigenvalue weighted by molar-refractivity contribution is -1.09. The molecule has 0 amide bonds. The highest BCUT2D eigenvalue weighted by molar-refractivity contribution is 5.75. The number of Topliss-reactive ketones (excluding diaryl/α,β-unsaturated/α-hetero) is 1. The molecule has 0 aliphatic heterocycles. The molecule has 19 heavy (non-hydrogen) atoms. The van der Waals surface area contributed by atoms with E-state index in [1.165, 1.54) is 0 Å². The molecule has 0 saturated heterocycles. The number of carbonyl (C=O) groups excluding carboxylic acids is 1. The van der Waals surface area contributed by atoms with E-state index in [1.54, 1.807) is 27.2 Å². The number of hydrogen-bond acceptors (Lipinski definition) is 5. The van der Waals surface area contributed by atoms with Crippen molar-refractivity contribution in [2.24, 2.45) is 0 Å². The fraction of sp³-hybridized carbons (Fsp3) is 0.769. The number of carbonyl (C=O) groups is 1. The zero-order valence-electron chi connectivity index (χ0n) is 12.1. The van der Waals surface area contributed by atoms with Crippen molar-refractivity contribution in [2.45, 2.75) is 51.7 Å². The molecule has 6 nitrogen and oxygen atoms in total. The number of nitrogens with one attached hydrogen (secondary N) is 2. The zero-order valence-corrected chi connectivity index (χ0v) is 12.1. The standard InChI is InChI=1S/C13H26N2O4/c1-11(16)8-6-4-5-7-9-15(18)14-13(10-19-3)12(2)17/h7,9,12-14,17-18H,4-6,8,10H2,1-3H3/p+1. The number of methoxy groups -OCH3 is 1. The fourth-order valence-corrected chi connectivity index (χ4v) is 1.55. The second-order valence-corrected chi connectivity index (χ2v) is 4.68. The van der Waals surface area contributed by atoms with Crippen LogP contribution in [-0.4, -0.2) is 42.0 Å². The van der Waals surface area contributed by atoms with Gasteiger partial charge in [-0.25, -0.2) is 0 Å². The Morgan fingerprint density at radius 3 is 2.68 bits per heavy atom. The van der Waals surface area contributed by atoms with Gasteiger partial charge in [0.1, 0.15) is 18.0 Å². The summed E-state index contributed by atoms with van der Waals surface area (Å²) in [7, 11) is 1.54. The van der Waals surface area contributed by atoms with Crippen LogP contribution in [0.25, 0.3) is 0 Å². The lowest BCUT2D eigenvalue weighted by atomic mass is 10.1. The normalized spacial score (nSPS) is 16.5. The lowest BCUT2D eigenvalue weighted by Gasteiger charge is -2.20. The van der Waals surface area contributed by atoms with Gasteiger partial charge in [0.15, 0.2) is 0 Å². The van der Waals surface area contributed by atoms with Gasteiger partial charge in [0.2, 0.25) is 0 Å². The molecule has 0 spiro atoms. The topological polar surface area (TPSA) is 83.2 Å². The van der Waals surface area contributed by atoms with Crippen LogP contribution in [0.2, 0.25) is 0 Å². The highest BCUT2D eigenvalue weighted by Crippen LogP contribution is 2.00. The molecule has 0 aliphatic rings. The van der Waals surface area contributed by atoms with Crippen molar-refractivity contribution in [3.63, 3.8) is 0 Å². The minimum absolute atomic E-state index is 0.00881. The van der Waals surface area contributed by atoms with Gasteiger partial charge < -0.3 is 14.6 Å². The summed E-state index contributed by atoms with van der Waals surface area (Å²) >= 11 is 0. The first-order chi connectivity index (χ1) is 8.97. The number of hydroxylamine groups is 1. The summed E-state index contributed by atoms with van der Waals surface area (Å²) in [4.78, 5) is 10.7. The summed E-state index contributed by atoms with van der Waals surface area (Å²) in [5, 5.41) is 19.1. The molecule has 0 aliphatic carbocycles. The Morgan fingerprint density at radius 1 is 1.47 bits per heavy atom. The van der Waals surface area contributed by atoms with E-state index in [0.717, 1.165) is 19.3 Å². The van der Waals surface area contributed by atoms with Crippen LogP contribution in [0.5, 0.6) is 0 Å². The number of quaternary nitrogens is 1. The largest absolute Gasteiger partial charge is 0.391 e. The Hall–Kier alpha value is -0.790. The van der Waals surface area contributed by atoms with Crippen molar-refractivity contribution in [2.75, 3.05) is 13.7 Å². The molecule has 0 fully saturated rings. The number of hydrogen-bond donors (Lipinski definition) is 4. The third-order valence-corrected chi connectivity index (χ3v) is 2.69. The summed E-state index contributed by atoms with van der Waals surface area (Å²) in [6, 6.07) is -0.340. The minimum atomic E-state index is -0.619. The van der Waals surface area contributed by atoms with E-state index in [2.05, 4.69) is 5.43 Å². The lowest BCUT2D eigenvalue weighted by Crippen LogP contribution is -3.13. The second kappa shape index (κ2) is 11.1. The van der Waals surface area contributed by atoms with Gasteiger partial charge in [0, 0.05) is 13.5 Å². The summed E-state index contributed by atoms with van der Waals surface area (Å²) in [5.41, 5.74) is 2.78. The van der Waals surface area contributed by atoms with E-state index >= 15 is 0 Å². The van der Waals surface area contributed by atoms with Crippen LogP contribution in [-0.2, 0) is 9.53 Å². The van der Waals surface area contributed by atoms with Gasteiger partial charge >= 0.3 is 0 Å². The molecule has 0 aromatic rings. The van der Waals surface area contributed by atoms with E-state index in [9.17, 15) is 15.1 Å². The van der Waals surface area contributed by atoms with Gasteiger partial charge in [-0.15, -0.1) is 5.43 Å². The molecule has 0 heterocycles. The van der Waals surface area contributed by atoms with E-state index in [1.807, 2.05) is 6.08 Å². The van der Waals surface area contributed by atoms with Crippen LogP contribution in [0.3, 0.4) is 0 Å². The maximum Gasteiger partial charge on any atom is 0.143 e. The average Bonchev–Trinajstić information content (AvgIpc) is 2.32. The van der Waals surface area contributed by atoms with Crippen LogP contribution in [0.1, 0.15) is 39.5 Å². The summed E-state index contributed by atoms with van der Waals surface area (Å²) in [5.74, 6) is 0.208. The van der Waals surface area contributed by atoms with Gasteiger partial charge in [-0.05, 0) is 39.2 Å². The molecule has 3 atom stereocenters. The van der Waals surface area contributed by atoms with Crippen molar-refractivity contribution in [1.29, 1.82) is 0 Å². The fourth-order valence-electron chi connectivity index (χ4n) is 1.55. The summed E-state index contributed by atoms with van der Waals surface area (Å²) < 4.78 is 4.94. The van der Waals surface area contributed by atoms with Crippen LogP contribution in [0, 0.1) is 0 Å². The predicted octanol–water partition coefficient (Wildman–Crippen LogP) is -0.176. The smallest absolute Gasteiger partial charge is 0.143 e. The first-order valence-corrected chi connectivity index (χ1v) is 6.62. The highest BCUT2D eigenvalue weighted by Gasteiger charge is 2.18. The number of ketones is 1. The quantitative estimate of drug-likeness (QED) is 0.311. The number of aliphatic hydroxyl groups excluding tert-OH is 1. The van der Waals surface area contributed by atoms with E-state index in [4.69, 9.17) is 4.74 Å². The van der Waals surface area contributed by atoms with Crippen molar-refractivity contribution in [1.82, 2.24) is 5.43 Å². The zero-order chi connectivity index (χ0) is 14.7. The van der Waals surface area contributed by atoms with Crippen molar-refractivity contribution in [3.8, 4) is 0 Å². The Balaban J connectivity index is 3.82. The summed E-state index contributed by atoms with van der Waals surface area (Å²) in [6.45, 7) is 3.54. The second-order valence-electron chi connectivity index (χ2n) is 4.68. The predicted molar refractivity (Wildman–Crippen MR) is 71.5 cm³/mol. The van der Waals surface area contributed by atoms with Gasteiger partial charge in [0.05, 0.1) is 12.7 Å². The van der Waals surface area contributed by atoms with Gasteiger partial charge in [-0.3, -0.25) is 0 Å². The number of aliphatic hydroxyl groups is 1. The molecule has 0 rings (SSSR count). The van der Waals surface area contributed by atoms with E-state index in [0.29, 0.717) is 13.0 Å². The van der Waals surface area contributed by atoms with Gasteiger partial charge in [-0.1, -0.05) is 5.17 Å². The summed E-state index contributed by atoms with van der Waals surface area (Å²) in [6.07, 6.45) is 6.00. The maximum absolute atomic E-state index is 10.7. The number of allylic oxidation sites excluding steroid dienone is 1. The Labute approximate surface area is 115 Å². The van der Waals surface area contributed by atoms with Crippen LogP contribution in [0.4, 0.5) is 0 Å². The number of rotatable bonds is 11. The molecular weight excluding hydrogens is 248 g/mol. The Bertz CT molecular complexity index is 269. The molecule has 4 N–H and O–H groups in total. The van der Waals surface area contributed by atoms with Crippen molar-refractivity contribution < 1.29 is 25.0 Å². The molecule has 112 valence electrons. The minimum Gasteiger partial charge on any atom is -0.391 e. The average molecular weight is 275 g/mol. The monoisotopic (exact) mass is 275 g/mol. The maximum atomic E-state index is 10.7. The SMILES string of the molecule is COCC(N[NH+](O)C=CCCCCC(C)=O)C(C)O. The van der Waals surface area contributed by atoms with Gasteiger partial charge in [-0.2, -0.15) is 5.21 Å². The third-order valence-electron chi connectivity index (χ3n) is 2.69. The van der Waals surface area contributed by atoms with Crippen LogP contribution < -0.4 is 10.6 Å². The third kappa shape index (κ3) is 10.8. The molecule has 6 heteroatoms. The van der Waals surface area contributed by atoms with Crippen molar-refractivity contribution in [3.05, 3.63) is 12.3 Å². The van der Waals surface area contributed by atoms with Crippen LogP contribution >= 0.6 is 0 Å². The first kappa shape index (κ1) is 18.2. The molecule has 0 bridgehead atoms. The van der Waals surface area contributed by atoms with Crippen molar-refractivity contribution >= 4 is 5.78 Å². The number of ether oxygens (including phenoxy) is 1. The Morgan fingerprint density at radius 2 is 2.16 bits per heavy atom. The molecule has 0 aromatic heterocycles. The van der Waals surface area contributed by atoms with E-state index < -0.39 is 6.10 Å². The van der Waals surface area contributed by atoms with Crippen LogP contribution in [0.15, 0.2) is 12.3 Å². The Kier molecular flexibility index (Phi) is 10.6. The molecule has 0 radical (unpaired) electrons. The van der Waals surface area contributed by atoms with E-state index in [-0.39, 0.29) is 17.0 Å². The molecule has 0 saturated carbocycles. The van der Waals surface area contributed by atoms with Gasteiger partial charge in [0.25, 0.3) is 0 Å². The molecule has 3 unspecified atom stereocenters. The number of unbranched alkanes of at least 4 members (excludes halogenated alkanes) is 2.